The van der Waals surface area contributed by atoms with Crippen molar-refractivity contribution in [1.82, 2.24) is 10.2 Å². The molecule has 38 heavy (non-hydrogen) atoms. The predicted octanol–water partition coefficient (Wildman–Crippen LogP) is 2.83. The van der Waals surface area contributed by atoms with Gasteiger partial charge in [-0.25, -0.2) is 4.99 Å². The number of Topliss-reactive ketones (excluding diaryl/α,β-unsaturated/α-hetero) is 2. The molecule has 0 amide bonds. The van der Waals surface area contributed by atoms with Crippen molar-refractivity contribution in [2.24, 2.45) is 0 Å². The molecule has 4 aliphatic rings. The van der Waals surface area contributed by atoms with E-state index in [-0.39, 0.29) is 11.6 Å². The van der Waals surface area contributed by atoms with E-state index in [2.05, 4.69) is 39.5 Å². The maximum atomic E-state index is 13.8. The van der Waals surface area contributed by atoms with Crippen molar-refractivity contribution in [2.75, 3.05) is 19.6 Å². The van der Waals surface area contributed by atoms with Gasteiger partial charge >= 0.3 is 0 Å². The van der Waals surface area contributed by atoms with Crippen LogP contribution in [0.2, 0.25) is 0 Å². The highest BCUT2D eigenvalue weighted by atomic mass is 16.5. The van der Waals surface area contributed by atoms with E-state index < -0.39 is 6.10 Å². The van der Waals surface area contributed by atoms with E-state index in [1.54, 1.807) is 24.3 Å². The van der Waals surface area contributed by atoms with Crippen LogP contribution in [-0.4, -0.2) is 47.9 Å². The highest BCUT2D eigenvalue weighted by Crippen LogP contribution is 2.36. The number of hydrogen-bond donors (Lipinski definition) is 2. The van der Waals surface area contributed by atoms with Crippen LogP contribution >= 0.6 is 0 Å². The fraction of sp³-hybridized carbons (Fsp3) is 0.219. The van der Waals surface area contributed by atoms with Crippen molar-refractivity contribution in [3.05, 3.63) is 117 Å². The van der Waals surface area contributed by atoms with Gasteiger partial charge in [-0.2, -0.15) is 0 Å². The van der Waals surface area contributed by atoms with Crippen LogP contribution in [0.5, 0.6) is 5.75 Å². The highest BCUT2D eigenvalue weighted by molar-refractivity contribution is 6.39. The molecular weight excluding hydrogens is 474 g/mol. The SMILES string of the molecule is Cc1ccc2c(c1)[NH+]=C1C3=C(C(=O)c4ccccc4C3=O)C(NCCN3CCc4ccccc4C3)=CC1O2. The number of nitrogens with zero attached hydrogens (tertiary/aromatic N) is 1. The molecule has 0 spiro atoms. The number of nitrogens with one attached hydrogen (secondary N) is 2. The summed E-state index contributed by atoms with van der Waals surface area (Å²) in [7, 11) is 0. The van der Waals surface area contributed by atoms with E-state index in [1.807, 2.05) is 31.2 Å². The maximum absolute atomic E-state index is 13.8. The third-order valence-corrected chi connectivity index (χ3v) is 7.87. The first-order valence-corrected chi connectivity index (χ1v) is 13.2. The number of aryl methyl sites for hydroxylation is 1. The lowest BCUT2D eigenvalue weighted by Gasteiger charge is -2.32. The molecule has 2 heterocycles. The van der Waals surface area contributed by atoms with Crippen molar-refractivity contribution in [2.45, 2.75) is 26.0 Å². The molecule has 3 aromatic carbocycles. The zero-order valence-corrected chi connectivity index (χ0v) is 21.2. The molecule has 0 aromatic heterocycles. The standard InChI is InChI=1S/C32H27N3O3/c1-19-10-11-26-24(16-19)34-30-27(38-26)17-25(28-29(30)32(37)23-9-5-4-8-22(23)31(28)36)33-13-15-35-14-12-20-6-2-3-7-21(20)18-35/h2-11,16-17,27,33H,12-15,18H2,1H3/p+1. The van der Waals surface area contributed by atoms with Gasteiger partial charge in [-0.15, -0.1) is 0 Å². The van der Waals surface area contributed by atoms with Crippen LogP contribution in [0.1, 0.15) is 37.4 Å². The van der Waals surface area contributed by atoms with E-state index in [0.717, 1.165) is 43.1 Å². The maximum Gasteiger partial charge on any atom is 0.246 e. The van der Waals surface area contributed by atoms with Gasteiger partial charge in [-0.3, -0.25) is 14.5 Å². The molecular formula is C32H28N3O3+. The van der Waals surface area contributed by atoms with E-state index in [9.17, 15) is 9.59 Å². The Labute approximate surface area is 221 Å². The minimum absolute atomic E-state index is 0.136. The molecule has 1 unspecified atom stereocenters. The van der Waals surface area contributed by atoms with Gasteiger partial charge in [0, 0.05) is 49.1 Å². The van der Waals surface area contributed by atoms with E-state index in [4.69, 9.17) is 4.74 Å². The van der Waals surface area contributed by atoms with Crippen molar-refractivity contribution in [3.8, 4) is 5.75 Å². The number of benzene rings is 3. The largest absolute Gasteiger partial charge is 0.468 e. The molecule has 0 fully saturated rings. The van der Waals surface area contributed by atoms with Gasteiger partial charge in [-0.05, 0) is 42.2 Å². The Bertz CT molecular complexity index is 1610. The minimum Gasteiger partial charge on any atom is -0.468 e. The van der Waals surface area contributed by atoms with E-state index in [0.29, 0.717) is 40.2 Å². The van der Waals surface area contributed by atoms with Crippen molar-refractivity contribution in [1.29, 1.82) is 0 Å². The number of rotatable bonds is 4. The van der Waals surface area contributed by atoms with Crippen molar-refractivity contribution < 1.29 is 19.3 Å². The number of hydrogen-bond acceptors (Lipinski definition) is 5. The van der Waals surface area contributed by atoms with Gasteiger partial charge in [-0.1, -0.05) is 54.6 Å². The Kier molecular flexibility index (Phi) is 5.37. The lowest BCUT2D eigenvalue weighted by atomic mass is 9.76. The predicted molar refractivity (Wildman–Crippen MR) is 145 cm³/mol. The first-order chi connectivity index (χ1) is 18.6. The van der Waals surface area contributed by atoms with Crippen LogP contribution in [0.25, 0.3) is 0 Å². The van der Waals surface area contributed by atoms with Gasteiger partial charge < -0.3 is 10.1 Å². The van der Waals surface area contributed by atoms with Gasteiger partial charge in [0.25, 0.3) is 0 Å². The topological polar surface area (TPSA) is 72.6 Å². The van der Waals surface area contributed by atoms with Crippen LogP contribution in [0.15, 0.2) is 89.6 Å². The van der Waals surface area contributed by atoms with Gasteiger partial charge in [0.1, 0.15) is 5.57 Å². The first-order valence-electron chi connectivity index (χ1n) is 13.2. The summed E-state index contributed by atoms with van der Waals surface area (Å²) >= 11 is 0. The van der Waals surface area contributed by atoms with Crippen LogP contribution in [0, 0.1) is 6.92 Å². The molecule has 2 aliphatic carbocycles. The molecule has 0 saturated carbocycles. The number of ketones is 2. The van der Waals surface area contributed by atoms with E-state index >= 15 is 0 Å². The van der Waals surface area contributed by atoms with Gasteiger partial charge in [0.2, 0.25) is 23.3 Å². The molecule has 0 bridgehead atoms. The third kappa shape index (κ3) is 3.72. The summed E-state index contributed by atoms with van der Waals surface area (Å²) in [5.74, 6) is 0.442. The molecule has 0 saturated heterocycles. The molecule has 2 N–H and O–H groups in total. The number of carbonyl (C=O) groups excluding carboxylic acids is 2. The zero-order valence-electron chi connectivity index (χ0n) is 21.2. The lowest BCUT2D eigenvalue weighted by molar-refractivity contribution is -0.363. The van der Waals surface area contributed by atoms with Crippen LogP contribution < -0.4 is 15.0 Å². The van der Waals surface area contributed by atoms with Crippen molar-refractivity contribution in [3.63, 3.8) is 0 Å². The summed E-state index contributed by atoms with van der Waals surface area (Å²) in [6.45, 7) is 5.41. The Balaban J connectivity index is 1.22. The molecule has 188 valence electrons. The lowest BCUT2D eigenvalue weighted by Crippen LogP contribution is -2.73. The van der Waals surface area contributed by atoms with Crippen molar-refractivity contribution >= 4 is 23.0 Å². The number of ether oxygens (including phenoxy) is 1. The Morgan fingerprint density at radius 1 is 0.947 bits per heavy atom. The summed E-state index contributed by atoms with van der Waals surface area (Å²) in [5.41, 5.74) is 7.69. The Morgan fingerprint density at radius 2 is 1.68 bits per heavy atom. The first kappa shape index (κ1) is 22.9. The van der Waals surface area contributed by atoms with E-state index in [1.165, 1.54) is 11.1 Å². The Morgan fingerprint density at radius 3 is 2.50 bits per heavy atom. The molecule has 2 aliphatic heterocycles. The second kappa shape index (κ2) is 8.92. The third-order valence-electron chi connectivity index (χ3n) is 7.87. The minimum atomic E-state index is -0.490. The normalized spacial score (nSPS) is 19.8. The molecule has 7 rings (SSSR count). The smallest absolute Gasteiger partial charge is 0.246 e. The molecule has 0 radical (unpaired) electrons. The summed E-state index contributed by atoms with van der Waals surface area (Å²) in [6.07, 6.45) is 2.49. The fourth-order valence-electron chi connectivity index (χ4n) is 5.94. The fourth-order valence-corrected chi connectivity index (χ4v) is 5.94. The number of carbonyl (C=O) groups is 2. The number of allylic oxidation sites excluding steroid dienone is 1. The summed E-state index contributed by atoms with van der Waals surface area (Å²) in [6, 6.07) is 21.6. The number of fused-ring (bicyclic) bond motifs is 5. The van der Waals surface area contributed by atoms with Gasteiger partial charge in [0.05, 0.1) is 5.57 Å². The molecule has 3 aromatic rings. The quantitative estimate of drug-likeness (QED) is 0.574. The van der Waals surface area contributed by atoms with Gasteiger partial charge in [0.15, 0.2) is 11.5 Å². The zero-order chi connectivity index (χ0) is 25.8. The molecule has 1 atom stereocenters. The average molecular weight is 503 g/mol. The highest BCUT2D eigenvalue weighted by Gasteiger charge is 2.46. The molecule has 6 heteroatoms. The van der Waals surface area contributed by atoms with Crippen LogP contribution in [-0.2, 0) is 13.0 Å². The second-order valence-electron chi connectivity index (χ2n) is 10.3. The monoisotopic (exact) mass is 502 g/mol. The molecule has 6 nitrogen and oxygen atoms in total. The summed E-state index contributed by atoms with van der Waals surface area (Å²) in [5, 5.41) is 3.51. The average Bonchev–Trinajstić information content (AvgIpc) is 2.94. The Hall–Kier alpha value is -4.29. The summed E-state index contributed by atoms with van der Waals surface area (Å²) in [4.78, 5) is 33.5. The summed E-state index contributed by atoms with van der Waals surface area (Å²) < 4.78 is 6.35. The van der Waals surface area contributed by atoms with Crippen LogP contribution in [0.4, 0.5) is 5.69 Å². The van der Waals surface area contributed by atoms with Crippen LogP contribution in [0.3, 0.4) is 0 Å². The second-order valence-corrected chi connectivity index (χ2v) is 10.3.